The highest BCUT2D eigenvalue weighted by molar-refractivity contribution is 7.16. The van der Waals surface area contributed by atoms with Crippen LogP contribution in [0.3, 0.4) is 0 Å². The second-order valence-corrected chi connectivity index (χ2v) is 8.33. The number of hydrogen-bond donors (Lipinski definition) is 0. The normalized spacial score (nSPS) is 11.6. The van der Waals surface area contributed by atoms with Gasteiger partial charge in [0.25, 0.3) is 5.91 Å². The van der Waals surface area contributed by atoms with Crippen LogP contribution in [-0.4, -0.2) is 29.7 Å². The van der Waals surface area contributed by atoms with Crippen molar-refractivity contribution in [3.8, 4) is 5.75 Å². The molecule has 1 amide bonds. The number of aromatic nitrogens is 1. The second kappa shape index (κ2) is 11.1. The summed E-state index contributed by atoms with van der Waals surface area (Å²) in [4.78, 5) is 29.7. The Balaban J connectivity index is 1.92. The van der Waals surface area contributed by atoms with Crippen LogP contribution in [0.5, 0.6) is 5.75 Å². The van der Waals surface area contributed by atoms with Gasteiger partial charge in [0.2, 0.25) is 0 Å². The summed E-state index contributed by atoms with van der Waals surface area (Å²) in [5.74, 6) is -0.164. The Kier molecular flexibility index (Phi) is 8.26. The van der Waals surface area contributed by atoms with Gasteiger partial charge in [0.05, 0.1) is 23.4 Å². The van der Waals surface area contributed by atoms with Crippen molar-refractivity contribution in [3.63, 3.8) is 0 Å². The number of amides is 1. The van der Waals surface area contributed by atoms with Crippen molar-refractivity contribution in [1.82, 2.24) is 4.57 Å². The first-order valence-corrected chi connectivity index (χ1v) is 11.5. The van der Waals surface area contributed by atoms with E-state index >= 15 is 0 Å². The second-order valence-electron chi connectivity index (χ2n) is 6.89. The molecule has 1 aromatic heterocycles. The van der Waals surface area contributed by atoms with Gasteiger partial charge >= 0.3 is 5.97 Å². The molecule has 0 N–H and O–H groups in total. The number of hydrogen-bond acceptors (Lipinski definition) is 5. The van der Waals surface area contributed by atoms with Crippen LogP contribution in [0.15, 0.2) is 47.5 Å². The highest BCUT2D eigenvalue weighted by atomic mass is 35.5. The molecule has 0 saturated carbocycles. The number of nitrogens with zero attached hydrogens (tertiary/aromatic N) is 2. The number of benzene rings is 2. The number of ether oxygens (including phenoxy) is 2. The van der Waals surface area contributed by atoms with Gasteiger partial charge < -0.3 is 14.0 Å². The lowest BCUT2D eigenvalue weighted by Crippen LogP contribution is -2.23. The number of esters is 1. The van der Waals surface area contributed by atoms with Crippen LogP contribution in [0, 0.1) is 0 Å². The maximum atomic E-state index is 12.9. The Bertz CT molecular complexity index is 1140. The molecule has 3 aromatic rings. The molecule has 0 fully saturated rings. The molecule has 0 unspecified atom stereocenters. The Labute approximate surface area is 190 Å². The predicted molar refractivity (Wildman–Crippen MR) is 123 cm³/mol. The average Bonchev–Trinajstić information content (AvgIpc) is 3.07. The molecule has 31 heavy (non-hydrogen) atoms. The third-order valence-electron chi connectivity index (χ3n) is 4.53. The average molecular weight is 461 g/mol. The molecular weight excluding hydrogens is 436 g/mol. The van der Waals surface area contributed by atoms with Gasteiger partial charge in [-0.25, -0.2) is 0 Å². The van der Waals surface area contributed by atoms with Crippen LogP contribution in [0.1, 0.15) is 43.5 Å². The van der Waals surface area contributed by atoms with E-state index in [1.165, 1.54) is 11.3 Å². The van der Waals surface area contributed by atoms with E-state index in [9.17, 15) is 9.59 Å². The molecular formula is C23H25ClN2O4S. The standard InChI is InChI=1S/C23H25ClN2O4S/c1-3-5-6-12-30-18-9-7-8-16(13-18)22(28)25-23-26(15-21(27)29-4-2)19-11-10-17(24)14-20(19)31-23/h7-11,13-14H,3-6,12,15H2,1-2H3. The van der Waals surface area contributed by atoms with E-state index < -0.39 is 11.9 Å². The first kappa shape index (κ1) is 23.0. The van der Waals surface area contributed by atoms with Crippen molar-refractivity contribution in [2.24, 2.45) is 4.99 Å². The van der Waals surface area contributed by atoms with Gasteiger partial charge in [-0.2, -0.15) is 4.99 Å². The minimum Gasteiger partial charge on any atom is -0.494 e. The van der Waals surface area contributed by atoms with Gasteiger partial charge in [-0.15, -0.1) is 0 Å². The third kappa shape index (κ3) is 6.18. The highest BCUT2D eigenvalue weighted by Gasteiger charge is 2.13. The highest BCUT2D eigenvalue weighted by Crippen LogP contribution is 2.22. The Morgan fingerprint density at radius 2 is 1.97 bits per heavy atom. The van der Waals surface area contributed by atoms with Crippen LogP contribution in [-0.2, 0) is 16.1 Å². The van der Waals surface area contributed by atoms with Crippen molar-refractivity contribution >= 4 is 45.0 Å². The van der Waals surface area contributed by atoms with Gasteiger partial charge in [0.15, 0.2) is 4.80 Å². The summed E-state index contributed by atoms with van der Waals surface area (Å²) in [6, 6.07) is 12.3. The van der Waals surface area contributed by atoms with Crippen molar-refractivity contribution in [2.75, 3.05) is 13.2 Å². The van der Waals surface area contributed by atoms with E-state index in [0.29, 0.717) is 27.7 Å². The number of carbonyl (C=O) groups is 2. The van der Waals surface area contributed by atoms with Gasteiger partial charge in [-0.05, 0) is 49.7 Å². The SMILES string of the molecule is CCCCCOc1cccc(C(=O)N=c2sc3cc(Cl)ccc3n2CC(=O)OCC)c1. The zero-order chi connectivity index (χ0) is 22.2. The van der Waals surface area contributed by atoms with Gasteiger partial charge in [0, 0.05) is 10.6 Å². The molecule has 1 heterocycles. The lowest BCUT2D eigenvalue weighted by molar-refractivity contribution is -0.143. The molecule has 2 aromatic carbocycles. The lowest BCUT2D eigenvalue weighted by atomic mass is 10.2. The quantitative estimate of drug-likeness (QED) is 0.324. The lowest BCUT2D eigenvalue weighted by Gasteiger charge is -2.07. The molecule has 6 nitrogen and oxygen atoms in total. The maximum Gasteiger partial charge on any atom is 0.326 e. The van der Waals surface area contributed by atoms with E-state index in [2.05, 4.69) is 11.9 Å². The molecule has 0 aliphatic heterocycles. The smallest absolute Gasteiger partial charge is 0.326 e. The van der Waals surface area contributed by atoms with E-state index in [1.807, 2.05) is 12.1 Å². The summed E-state index contributed by atoms with van der Waals surface area (Å²) in [5.41, 5.74) is 1.19. The predicted octanol–water partition coefficient (Wildman–Crippen LogP) is 5.23. The van der Waals surface area contributed by atoms with Crippen LogP contribution < -0.4 is 9.54 Å². The summed E-state index contributed by atoms with van der Waals surface area (Å²) >= 11 is 7.41. The van der Waals surface area contributed by atoms with E-state index in [4.69, 9.17) is 21.1 Å². The zero-order valence-corrected chi connectivity index (χ0v) is 19.2. The molecule has 0 bridgehead atoms. The van der Waals surface area contributed by atoms with Crippen LogP contribution in [0.2, 0.25) is 5.02 Å². The molecule has 3 rings (SSSR count). The third-order valence-corrected chi connectivity index (χ3v) is 5.81. The number of unbranched alkanes of at least 4 members (excludes halogenated alkanes) is 2. The monoisotopic (exact) mass is 460 g/mol. The maximum absolute atomic E-state index is 12.9. The summed E-state index contributed by atoms with van der Waals surface area (Å²) in [7, 11) is 0. The number of rotatable bonds is 9. The summed E-state index contributed by atoms with van der Waals surface area (Å²) in [6.07, 6.45) is 3.19. The molecule has 0 spiro atoms. The minimum atomic E-state index is -0.408. The van der Waals surface area contributed by atoms with Crippen LogP contribution in [0.25, 0.3) is 10.2 Å². The fraction of sp³-hybridized carbons (Fsp3) is 0.348. The van der Waals surface area contributed by atoms with Crippen molar-refractivity contribution in [3.05, 3.63) is 57.9 Å². The summed E-state index contributed by atoms with van der Waals surface area (Å²) < 4.78 is 13.3. The Morgan fingerprint density at radius 1 is 1.13 bits per heavy atom. The number of halogens is 1. The molecule has 0 aliphatic rings. The van der Waals surface area contributed by atoms with Crippen molar-refractivity contribution < 1.29 is 19.1 Å². The van der Waals surface area contributed by atoms with Crippen molar-refractivity contribution in [1.29, 1.82) is 0 Å². The number of fused-ring (bicyclic) bond motifs is 1. The fourth-order valence-electron chi connectivity index (χ4n) is 3.03. The van der Waals surface area contributed by atoms with E-state index in [-0.39, 0.29) is 13.2 Å². The Hall–Kier alpha value is -2.64. The molecule has 0 aliphatic carbocycles. The van der Waals surface area contributed by atoms with Crippen LogP contribution in [0.4, 0.5) is 0 Å². The van der Waals surface area contributed by atoms with Gasteiger partial charge in [-0.1, -0.05) is 48.8 Å². The molecule has 0 radical (unpaired) electrons. The number of carbonyl (C=O) groups excluding carboxylic acids is 2. The van der Waals surface area contributed by atoms with Gasteiger partial charge in [0.1, 0.15) is 12.3 Å². The van der Waals surface area contributed by atoms with Crippen LogP contribution >= 0.6 is 22.9 Å². The molecule has 8 heteroatoms. The first-order chi connectivity index (χ1) is 15.0. The zero-order valence-electron chi connectivity index (χ0n) is 17.6. The van der Waals surface area contributed by atoms with Crippen molar-refractivity contribution in [2.45, 2.75) is 39.7 Å². The fourth-order valence-corrected chi connectivity index (χ4v) is 4.34. The first-order valence-electron chi connectivity index (χ1n) is 10.3. The minimum absolute atomic E-state index is 0.0395. The summed E-state index contributed by atoms with van der Waals surface area (Å²) in [5, 5.41) is 0.572. The Morgan fingerprint density at radius 3 is 2.74 bits per heavy atom. The van der Waals surface area contributed by atoms with E-state index in [0.717, 1.165) is 29.5 Å². The topological polar surface area (TPSA) is 69.9 Å². The molecule has 0 atom stereocenters. The molecule has 0 saturated heterocycles. The van der Waals surface area contributed by atoms with Gasteiger partial charge in [-0.3, -0.25) is 9.59 Å². The molecule has 164 valence electrons. The largest absolute Gasteiger partial charge is 0.494 e. The summed E-state index contributed by atoms with van der Waals surface area (Å²) in [6.45, 7) is 4.74. The van der Waals surface area contributed by atoms with E-state index in [1.54, 1.807) is 41.8 Å². The number of thiazole rings is 1.